The summed E-state index contributed by atoms with van der Waals surface area (Å²) in [4.78, 5) is 25.2. The van der Waals surface area contributed by atoms with E-state index in [1.807, 2.05) is 18.4 Å². The lowest BCUT2D eigenvalue weighted by Crippen LogP contribution is -2.40. The van der Waals surface area contributed by atoms with Crippen molar-refractivity contribution in [2.75, 3.05) is 19.7 Å². The van der Waals surface area contributed by atoms with Crippen molar-refractivity contribution in [1.82, 2.24) is 19.2 Å². The summed E-state index contributed by atoms with van der Waals surface area (Å²) in [7, 11) is 0. The van der Waals surface area contributed by atoms with Crippen LogP contribution in [0.3, 0.4) is 0 Å². The molecular weight excluding hydrogens is 342 g/mol. The first-order valence-corrected chi connectivity index (χ1v) is 9.20. The number of likely N-dealkylation sites (tertiary alicyclic amines) is 1. The molecule has 1 aliphatic rings. The van der Waals surface area contributed by atoms with Crippen molar-refractivity contribution in [2.45, 2.75) is 52.7 Å². The second-order valence-corrected chi connectivity index (χ2v) is 6.58. The van der Waals surface area contributed by atoms with E-state index in [9.17, 15) is 9.59 Å². The summed E-state index contributed by atoms with van der Waals surface area (Å²) in [5.74, 6) is 0.198. The van der Waals surface area contributed by atoms with E-state index < -0.39 is 0 Å². The molecule has 2 heterocycles. The van der Waals surface area contributed by atoms with Crippen LogP contribution in [-0.2, 0) is 34.0 Å². The summed E-state index contributed by atoms with van der Waals surface area (Å²) in [6, 6.07) is 0. The number of nitrogens with zero attached hydrogens (tertiary/aromatic N) is 4. The molecule has 0 bridgehead atoms. The summed E-state index contributed by atoms with van der Waals surface area (Å²) >= 11 is 5.51. The smallest absolute Gasteiger partial charge is 0.310 e. The van der Waals surface area contributed by atoms with Crippen LogP contribution in [0.2, 0.25) is 0 Å². The largest absolute Gasteiger partial charge is 0.466 e. The normalized spacial score (nSPS) is 18.2. The van der Waals surface area contributed by atoms with Gasteiger partial charge in [0.05, 0.1) is 19.2 Å². The van der Waals surface area contributed by atoms with E-state index in [0.717, 1.165) is 25.2 Å². The molecule has 1 saturated heterocycles. The Bertz CT molecular complexity index is 669. The van der Waals surface area contributed by atoms with E-state index in [1.54, 1.807) is 4.68 Å². The Hall–Kier alpha value is -1.74. The molecule has 1 aliphatic heterocycles. The van der Waals surface area contributed by atoms with Crippen molar-refractivity contribution < 1.29 is 14.3 Å². The molecule has 0 saturated carbocycles. The molecule has 0 aliphatic carbocycles. The Kier molecular flexibility index (Phi) is 7.12. The average molecular weight is 369 g/mol. The topological polar surface area (TPSA) is 95.4 Å². The Balaban J connectivity index is 2.07. The number of carbonyl (C=O) groups excluding carboxylic acids is 2. The monoisotopic (exact) mass is 369 g/mol. The molecule has 8 nitrogen and oxygen atoms in total. The van der Waals surface area contributed by atoms with Crippen LogP contribution in [-0.4, -0.2) is 50.8 Å². The number of amides is 1. The number of carbonyl (C=O) groups is 2. The third-order valence-electron chi connectivity index (χ3n) is 4.37. The van der Waals surface area contributed by atoms with Crippen molar-refractivity contribution in [3.05, 3.63) is 10.6 Å². The van der Waals surface area contributed by atoms with E-state index in [1.165, 1.54) is 0 Å². The van der Waals surface area contributed by atoms with E-state index in [2.05, 4.69) is 10.00 Å². The number of esters is 1. The molecule has 1 aromatic rings. The van der Waals surface area contributed by atoms with Gasteiger partial charge in [0, 0.05) is 25.9 Å². The van der Waals surface area contributed by atoms with Gasteiger partial charge in [-0.05, 0) is 45.5 Å². The van der Waals surface area contributed by atoms with Gasteiger partial charge in [-0.1, -0.05) is 0 Å². The maximum absolute atomic E-state index is 12.0. The quantitative estimate of drug-likeness (QED) is 0.544. The number of rotatable bonds is 8. The number of piperidine rings is 1. The van der Waals surface area contributed by atoms with Gasteiger partial charge >= 0.3 is 5.97 Å². The first kappa shape index (κ1) is 19.6. The van der Waals surface area contributed by atoms with Gasteiger partial charge in [0.1, 0.15) is 5.82 Å². The molecule has 9 heteroatoms. The zero-order valence-electron chi connectivity index (χ0n) is 14.9. The van der Waals surface area contributed by atoms with Gasteiger partial charge < -0.3 is 15.0 Å². The zero-order valence-corrected chi connectivity index (χ0v) is 15.8. The van der Waals surface area contributed by atoms with E-state index >= 15 is 0 Å². The molecule has 1 aromatic heterocycles. The highest BCUT2D eigenvalue weighted by Gasteiger charge is 2.27. The SMILES string of the molecule is CCOC(=O)[C@H]1CCCN(Cn2nc(CCC(N)=O)n(CC)c2=S)C1. The van der Waals surface area contributed by atoms with Gasteiger partial charge in [-0.25, -0.2) is 4.68 Å². The van der Waals surface area contributed by atoms with Crippen LogP contribution in [0.5, 0.6) is 0 Å². The van der Waals surface area contributed by atoms with Crippen LogP contribution >= 0.6 is 12.2 Å². The van der Waals surface area contributed by atoms with Gasteiger partial charge in [0.25, 0.3) is 0 Å². The minimum absolute atomic E-state index is 0.0922. The lowest BCUT2D eigenvalue weighted by Gasteiger charge is -2.31. The van der Waals surface area contributed by atoms with Crippen molar-refractivity contribution in [1.29, 1.82) is 0 Å². The first-order valence-electron chi connectivity index (χ1n) is 8.80. The van der Waals surface area contributed by atoms with Gasteiger partial charge in [0.2, 0.25) is 5.91 Å². The predicted molar refractivity (Wildman–Crippen MR) is 95.2 cm³/mol. The molecule has 0 spiro atoms. The Labute approximate surface area is 152 Å². The second-order valence-electron chi connectivity index (χ2n) is 6.22. The third-order valence-corrected chi connectivity index (χ3v) is 4.80. The number of hydrogen-bond donors (Lipinski definition) is 1. The maximum atomic E-state index is 12.0. The molecule has 0 aromatic carbocycles. The number of hydrogen-bond acceptors (Lipinski definition) is 6. The molecule has 1 fully saturated rings. The summed E-state index contributed by atoms with van der Waals surface area (Å²) < 4.78 is 9.46. The zero-order chi connectivity index (χ0) is 18.4. The molecule has 140 valence electrons. The number of aromatic nitrogens is 3. The number of nitrogens with two attached hydrogens (primary N) is 1. The van der Waals surface area contributed by atoms with Gasteiger partial charge in [-0.3, -0.25) is 14.5 Å². The number of aryl methyl sites for hydroxylation is 1. The molecule has 1 amide bonds. The van der Waals surface area contributed by atoms with Gasteiger partial charge in [-0.2, -0.15) is 5.10 Å². The number of ether oxygens (including phenoxy) is 1. The highest BCUT2D eigenvalue weighted by atomic mass is 32.1. The van der Waals surface area contributed by atoms with E-state index in [0.29, 0.717) is 37.6 Å². The molecule has 25 heavy (non-hydrogen) atoms. The summed E-state index contributed by atoms with van der Waals surface area (Å²) in [5, 5.41) is 4.56. The van der Waals surface area contributed by atoms with Crippen molar-refractivity contribution in [3.8, 4) is 0 Å². The molecule has 0 unspecified atom stereocenters. The van der Waals surface area contributed by atoms with E-state index in [4.69, 9.17) is 22.7 Å². The van der Waals surface area contributed by atoms with Crippen molar-refractivity contribution >= 4 is 24.1 Å². The fraction of sp³-hybridized carbons (Fsp3) is 0.750. The summed E-state index contributed by atoms with van der Waals surface area (Å²) in [5.41, 5.74) is 5.23. The lowest BCUT2D eigenvalue weighted by atomic mass is 9.99. The second kappa shape index (κ2) is 9.10. The highest BCUT2D eigenvalue weighted by molar-refractivity contribution is 7.71. The molecule has 2 N–H and O–H groups in total. The molecule has 2 rings (SSSR count). The fourth-order valence-corrected chi connectivity index (χ4v) is 3.47. The first-order chi connectivity index (χ1) is 12.0. The average Bonchev–Trinajstić information content (AvgIpc) is 2.88. The van der Waals surface area contributed by atoms with Gasteiger partial charge in [-0.15, -0.1) is 0 Å². The standard InChI is InChI=1S/C16H27N5O3S/c1-3-20-14(8-7-13(17)22)18-21(16(20)25)11-19-9-5-6-12(10-19)15(23)24-4-2/h12H,3-11H2,1-2H3,(H2,17,22)/t12-/m0/s1. The Morgan fingerprint density at radius 2 is 2.16 bits per heavy atom. The Morgan fingerprint density at radius 3 is 2.80 bits per heavy atom. The van der Waals surface area contributed by atoms with Gasteiger partial charge in [0.15, 0.2) is 4.77 Å². The minimum Gasteiger partial charge on any atom is -0.466 e. The molecule has 1 atom stereocenters. The van der Waals surface area contributed by atoms with Crippen LogP contribution in [0.25, 0.3) is 0 Å². The third kappa shape index (κ3) is 5.12. The van der Waals surface area contributed by atoms with Crippen LogP contribution < -0.4 is 5.73 Å². The predicted octanol–water partition coefficient (Wildman–Crippen LogP) is 1.08. The van der Waals surface area contributed by atoms with Crippen LogP contribution in [0.1, 0.15) is 38.9 Å². The molecular formula is C16H27N5O3S. The lowest BCUT2D eigenvalue weighted by molar-refractivity contribution is -0.150. The van der Waals surface area contributed by atoms with E-state index in [-0.39, 0.29) is 24.2 Å². The van der Waals surface area contributed by atoms with Crippen molar-refractivity contribution in [3.63, 3.8) is 0 Å². The maximum Gasteiger partial charge on any atom is 0.310 e. The Morgan fingerprint density at radius 1 is 1.40 bits per heavy atom. The van der Waals surface area contributed by atoms with Crippen LogP contribution in [0.4, 0.5) is 0 Å². The van der Waals surface area contributed by atoms with Crippen LogP contribution in [0.15, 0.2) is 0 Å². The summed E-state index contributed by atoms with van der Waals surface area (Å²) in [6.07, 6.45) is 2.53. The highest BCUT2D eigenvalue weighted by Crippen LogP contribution is 2.19. The molecule has 0 radical (unpaired) electrons. The summed E-state index contributed by atoms with van der Waals surface area (Å²) in [6.45, 7) is 6.99. The minimum atomic E-state index is -0.351. The fourth-order valence-electron chi connectivity index (χ4n) is 3.14. The van der Waals surface area contributed by atoms with Crippen LogP contribution in [0, 0.1) is 10.7 Å². The number of primary amides is 1. The van der Waals surface area contributed by atoms with Crippen molar-refractivity contribution in [2.24, 2.45) is 11.7 Å².